The number of hydrogen-bond acceptors (Lipinski definition) is 6. The molecule has 37 heavy (non-hydrogen) atoms. The Kier molecular flexibility index (Phi) is 6.83. The van der Waals surface area contributed by atoms with Crippen molar-refractivity contribution in [2.45, 2.75) is 18.9 Å². The summed E-state index contributed by atoms with van der Waals surface area (Å²) in [5.41, 5.74) is 5.85. The fourth-order valence-electron chi connectivity index (χ4n) is 4.59. The fourth-order valence-corrected chi connectivity index (χ4v) is 4.59. The van der Waals surface area contributed by atoms with Crippen LogP contribution >= 0.6 is 0 Å². The zero-order valence-electron chi connectivity index (χ0n) is 20.4. The number of nitrogens with zero attached hydrogens (tertiary/aromatic N) is 1. The number of carbonyl (C=O) groups excluding carboxylic acids is 4. The van der Waals surface area contributed by atoms with Crippen molar-refractivity contribution in [3.05, 3.63) is 89.0 Å². The second kappa shape index (κ2) is 10.4. The van der Waals surface area contributed by atoms with Crippen molar-refractivity contribution >= 4 is 29.3 Å². The normalized spacial score (nSPS) is 16.1. The van der Waals surface area contributed by atoms with Crippen molar-refractivity contribution in [3.63, 3.8) is 0 Å². The molecule has 1 aliphatic carbocycles. The lowest BCUT2D eigenvalue weighted by molar-refractivity contribution is -0.153. The highest BCUT2D eigenvalue weighted by Crippen LogP contribution is 2.36. The third kappa shape index (κ3) is 5.29. The smallest absolute Gasteiger partial charge is 0.338 e. The summed E-state index contributed by atoms with van der Waals surface area (Å²) >= 11 is 0. The second-order valence-corrected chi connectivity index (χ2v) is 9.15. The lowest BCUT2D eigenvalue weighted by Gasteiger charge is -2.29. The number of morpholine rings is 1. The number of ether oxygens (including phenoxy) is 2. The van der Waals surface area contributed by atoms with Crippen LogP contribution in [0.2, 0.25) is 0 Å². The molecule has 0 bridgehead atoms. The van der Waals surface area contributed by atoms with E-state index in [0.717, 1.165) is 17.5 Å². The zero-order valence-corrected chi connectivity index (χ0v) is 20.4. The van der Waals surface area contributed by atoms with E-state index in [1.54, 1.807) is 25.2 Å². The Bertz CT molecular complexity index is 1380. The molecular formula is C29H26N2O6. The van der Waals surface area contributed by atoms with Crippen LogP contribution in [0.4, 0.5) is 5.69 Å². The molecule has 3 aromatic carbocycles. The largest absolute Gasteiger partial charge is 0.454 e. The highest BCUT2D eigenvalue weighted by Gasteiger charge is 2.29. The molecule has 8 heteroatoms. The van der Waals surface area contributed by atoms with Gasteiger partial charge in [-0.15, -0.1) is 0 Å². The van der Waals surface area contributed by atoms with Gasteiger partial charge in [-0.3, -0.25) is 14.4 Å². The van der Waals surface area contributed by atoms with Gasteiger partial charge in [-0.25, -0.2) is 4.79 Å². The summed E-state index contributed by atoms with van der Waals surface area (Å²) in [6.07, 6.45) is -0.119. The first-order valence-corrected chi connectivity index (χ1v) is 12.1. The molecule has 5 rings (SSSR count). The molecule has 1 aliphatic heterocycles. The van der Waals surface area contributed by atoms with Gasteiger partial charge in [0.15, 0.2) is 12.4 Å². The van der Waals surface area contributed by atoms with Gasteiger partial charge in [-0.2, -0.15) is 0 Å². The van der Waals surface area contributed by atoms with Crippen LogP contribution in [0, 0.1) is 0 Å². The minimum atomic E-state index is -0.800. The number of rotatable bonds is 7. The van der Waals surface area contributed by atoms with Gasteiger partial charge < -0.3 is 19.7 Å². The van der Waals surface area contributed by atoms with Gasteiger partial charge in [-0.1, -0.05) is 36.4 Å². The van der Waals surface area contributed by atoms with Gasteiger partial charge in [0.2, 0.25) is 5.91 Å². The molecule has 0 aromatic heterocycles. The van der Waals surface area contributed by atoms with Crippen molar-refractivity contribution < 1.29 is 28.7 Å². The number of anilines is 1. The Labute approximate surface area is 214 Å². The van der Waals surface area contributed by atoms with Gasteiger partial charge in [-0.05, 0) is 59.0 Å². The molecular weight excluding hydrogens is 472 g/mol. The maximum absolute atomic E-state index is 12.7. The van der Waals surface area contributed by atoms with Gasteiger partial charge in [0, 0.05) is 24.8 Å². The maximum atomic E-state index is 12.7. The molecule has 1 fully saturated rings. The highest BCUT2D eigenvalue weighted by atomic mass is 16.5. The monoisotopic (exact) mass is 498 g/mol. The summed E-state index contributed by atoms with van der Waals surface area (Å²) in [5.74, 6) is -1.50. The SMILES string of the molecule is CN1CCOC(CC(=O)Nc2ccc(C(=O)OCC(=O)c3ccc4c(c3)Cc3ccccc3-4)cc2)C1=O. The third-order valence-corrected chi connectivity index (χ3v) is 6.62. The fraction of sp³-hybridized carbons (Fsp3) is 0.241. The van der Waals surface area contributed by atoms with E-state index in [2.05, 4.69) is 17.4 Å². The highest BCUT2D eigenvalue weighted by molar-refractivity contribution is 6.00. The average Bonchev–Trinajstić information content (AvgIpc) is 3.28. The first-order valence-electron chi connectivity index (χ1n) is 12.1. The van der Waals surface area contributed by atoms with E-state index in [-0.39, 0.29) is 36.2 Å². The molecule has 1 unspecified atom stereocenters. The Morgan fingerprint density at radius 1 is 0.973 bits per heavy atom. The molecule has 2 amide bonds. The van der Waals surface area contributed by atoms with Crippen LogP contribution in [0.25, 0.3) is 11.1 Å². The Hall–Kier alpha value is -4.30. The van der Waals surface area contributed by atoms with E-state index < -0.39 is 12.1 Å². The lowest BCUT2D eigenvalue weighted by Crippen LogP contribution is -2.46. The van der Waals surface area contributed by atoms with E-state index in [1.165, 1.54) is 28.2 Å². The molecule has 1 N–H and O–H groups in total. The molecule has 3 aromatic rings. The molecule has 1 saturated heterocycles. The summed E-state index contributed by atoms with van der Waals surface area (Å²) in [7, 11) is 1.67. The number of amides is 2. The van der Waals surface area contributed by atoms with Crippen LogP contribution in [-0.2, 0) is 25.5 Å². The van der Waals surface area contributed by atoms with E-state index in [0.29, 0.717) is 24.4 Å². The second-order valence-electron chi connectivity index (χ2n) is 9.15. The van der Waals surface area contributed by atoms with Crippen LogP contribution in [-0.4, -0.2) is 61.4 Å². The quantitative estimate of drug-likeness (QED) is 0.309. The summed E-state index contributed by atoms with van der Waals surface area (Å²) < 4.78 is 10.6. The van der Waals surface area contributed by atoms with Gasteiger partial charge in [0.1, 0.15) is 6.10 Å². The number of carbonyl (C=O) groups is 4. The standard InChI is InChI=1S/C29H26N2O6/c1-31-12-13-36-26(28(31)34)16-27(33)30-22-9-6-18(7-10-22)29(35)37-17-25(32)20-8-11-24-21(15-20)14-19-4-2-3-5-23(19)24/h2-11,15,26H,12-14,16-17H2,1H3,(H,30,33). The summed E-state index contributed by atoms with van der Waals surface area (Å²) in [6.45, 7) is 0.523. The predicted octanol–water partition coefficient (Wildman–Crippen LogP) is 3.48. The van der Waals surface area contributed by atoms with Crippen LogP contribution < -0.4 is 5.32 Å². The van der Waals surface area contributed by atoms with Crippen LogP contribution in [0.5, 0.6) is 0 Å². The minimum absolute atomic E-state index is 0.0934. The molecule has 1 heterocycles. The first-order chi connectivity index (χ1) is 17.9. The summed E-state index contributed by atoms with van der Waals surface area (Å²) in [6, 6.07) is 19.9. The Balaban J connectivity index is 1.13. The van der Waals surface area contributed by atoms with E-state index in [1.807, 2.05) is 24.3 Å². The Morgan fingerprint density at radius 2 is 1.70 bits per heavy atom. The molecule has 2 aliphatic rings. The van der Waals surface area contributed by atoms with E-state index in [9.17, 15) is 19.2 Å². The molecule has 188 valence electrons. The zero-order chi connectivity index (χ0) is 25.9. The van der Waals surface area contributed by atoms with Crippen LogP contribution in [0.1, 0.15) is 38.3 Å². The summed E-state index contributed by atoms with van der Waals surface area (Å²) in [4.78, 5) is 51.1. The van der Waals surface area contributed by atoms with Crippen molar-refractivity contribution in [2.75, 3.05) is 32.1 Å². The molecule has 0 spiro atoms. The van der Waals surface area contributed by atoms with Crippen molar-refractivity contribution in [3.8, 4) is 11.1 Å². The van der Waals surface area contributed by atoms with Crippen molar-refractivity contribution in [1.82, 2.24) is 4.90 Å². The van der Waals surface area contributed by atoms with E-state index >= 15 is 0 Å². The first kappa shape index (κ1) is 24.4. The van der Waals surface area contributed by atoms with Crippen LogP contribution in [0.15, 0.2) is 66.7 Å². The number of hydrogen-bond donors (Lipinski definition) is 1. The van der Waals surface area contributed by atoms with E-state index in [4.69, 9.17) is 9.47 Å². The predicted molar refractivity (Wildman–Crippen MR) is 136 cm³/mol. The molecule has 1 atom stereocenters. The van der Waals surface area contributed by atoms with Crippen LogP contribution in [0.3, 0.4) is 0 Å². The van der Waals surface area contributed by atoms with Gasteiger partial charge in [0.05, 0.1) is 18.6 Å². The molecule has 8 nitrogen and oxygen atoms in total. The lowest BCUT2D eigenvalue weighted by atomic mass is 10.0. The minimum Gasteiger partial charge on any atom is -0.454 e. The average molecular weight is 499 g/mol. The number of likely N-dealkylation sites (N-methyl/N-ethyl adjacent to an activating group) is 1. The summed E-state index contributed by atoms with van der Waals surface area (Å²) in [5, 5.41) is 2.69. The number of esters is 1. The topological polar surface area (TPSA) is 102 Å². The molecule has 0 saturated carbocycles. The third-order valence-electron chi connectivity index (χ3n) is 6.62. The Morgan fingerprint density at radius 3 is 2.51 bits per heavy atom. The van der Waals surface area contributed by atoms with Crippen molar-refractivity contribution in [1.29, 1.82) is 0 Å². The number of Topliss-reactive ketones (excluding diaryl/α,β-unsaturated/α-hetero) is 1. The van der Waals surface area contributed by atoms with Gasteiger partial charge in [0.25, 0.3) is 5.91 Å². The number of ketones is 1. The molecule has 0 radical (unpaired) electrons. The van der Waals surface area contributed by atoms with Gasteiger partial charge >= 0.3 is 5.97 Å². The van der Waals surface area contributed by atoms with Crippen molar-refractivity contribution in [2.24, 2.45) is 0 Å². The number of fused-ring (bicyclic) bond motifs is 3. The number of nitrogens with one attached hydrogen (secondary N) is 1. The number of benzene rings is 3. The maximum Gasteiger partial charge on any atom is 0.338 e.